The molecule has 1 aliphatic heterocycles. The zero-order valence-electron chi connectivity index (χ0n) is 11.2. The minimum atomic E-state index is -0.899. The number of urea groups is 1. The molecule has 0 bridgehead atoms. The Morgan fingerprint density at radius 1 is 1.45 bits per heavy atom. The molecule has 1 aromatic carbocycles. The lowest BCUT2D eigenvalue weighted by molar-refractivity contribution is -0.143. The van der Waals surface area contributed by atoms with Crippen LogP contribution < -0.4 is 5.32 Å². The largest absolute Gasteiger partial charge is 0.481 e. The molecule has 1 fully saturated rings. The second-order valence-electron chi connectivity index (χ2n) is 5.04. The second-order valence-corrected chi connectivity index (χ2v) is 5.04. The Morgan fingerprint density at radius 3 is 2.85 bits per heavy atom. The minimum Gasteiger partial charge on any atom is -0.481 e. The molecule has 0 radical (unpaired) electrons. The van der Waals surface area contributed by atoms with Crippen LogP contribution in [0.4, 0.5) is 14.9 Å². The van der Waals surface area contributed by atoms with Crippen LogP contribution in [0.1, 0.15) is 18.4 Å². The van der Waals surface area contributed by atoms with Gasteiger partial charge in [-0.1, -0.05) is 6.07 Å². The monoisotopic (exact) mass is 280 g/mol. The number of rotatable bonds is 2. The van der Waals surface area contributed by atoms with Crippen molar-refractivity contribution < 1.29 is 19.1 Å². The van der Waals surface area contributed by atoms with Crippen molar-refractivity contribution in [3.05, 3.63) is 29.6 Å². The molecule has 1 saturated heterocycles. The summed E-state index contributed by atoms with van der Waals surface area (Å²) in [4.78, 5) is 24.4. The van der Waals surface area contributed by atoms with E-state index in [4.69, 9.17) is 5.11 Å². The van der Waals surface area contributed by atoms with Crippen LogP contribution >= 0.6 is 0 Å². The van der Waals surface area contributed by atoms with Gasteiger partial charge < -0.3 is 15.3 Å². The predicted molar refractivity (Wildman–Crippen MR) is 72.1 cm³/mol. The topological polar surface area (TPSA) is 69.6 Å². The fourth-order valence-electron chi connectivity index (χ4n) is 2.28. The van der Waals surface area contributed by atoms with E-state index in [1.165, 1.54) is 17.0 Å². The van der Waals surface area contributed by atoms with Crippen molar-refractivity contribution in [1.29, 1.82) is 0 Å². The van der Waals surface area contributed by atoms with Crippen molar-refractivity contribution in [1.82, 2.24) is 4.90 Å². The van der Waals surface area contributed by atoms with Gasteiger partial charge in [-0.05, 0) is 37.5 Å². The Hall–Kier alpha value is -2.11. The molecule has 6 heteroatoms. The Bertz CT molecular complexity index is 533. The van der Waals surface area contributed by atoms with Crippen molar-refractivity contribution >= 4 is 17.7 Å². The van der Waals surface area contributed by atoms with E-state index in [2.05, 4.69) is 5.32 Å². The van der Waals surface area contributed by atoms with Crippen molar-refractivity contribution in [2.75, 3.05) is 18.4 Å². The van der Waals surface area contributed by atoms with Gasteiger partial charge in [0.2, 0.25) is 0 Å². The number of nitrogens with one attached hydrogen (secondary N) is 1. The summed E-state index contributed by atoms with van der Waals surface area (Å²) in [5, 5.41) is 11.5. The summed E-state index contributed by atoms with van der Waals surface area (Å²) in [6, 6.07) is 4.08. The number of likely N-dealkylation sites (tertiary alicyclic amines) is 1. The molecule has 0 aromatic heterocycles. The number of anilines is 1. The van der Waals surface area contributed by atoms with Crippen molar-refractivity contribution in [3.8, 4) is 0 Å². The Labute approximate surface area is 116 Å². The van der Waals surface area contributed by atoms with Crippen LogP contribution in [0.25, 0.3) is 0 Å². The Balaban J connectivity index is 2.02. The molecule has 1 atom stereocenters. The van der Waals surface area contributed by atoms with Gasteiger partial charge in [-0.3, -0.25) is 4.79 Å². The maximum Gasteiger partial charge on any atom is 0.321 e. The number of nitrogens with zero attached hydrogens (tertiary/aromatic N) is 1. The highest BCUT2D eigenvalue weighted by atomic mass is 19.1. The van der Waals surface area contributed by atoms with E-state index in [0.717, 1.165) is 5.56 Å². The first-order valence-corrected chi connectivity index (χ1v) is 6.52. The molecule has 0 spiro atoms. The number of halogens is 1. The SMILES string of the molecule is Cc1ccc(NC(=O)N2CCCC(C(=O)O)C2)c(F)c1. The van der Waals surface area contributed by atoms with Crippen molar-refractivity contribution in [3.63, 3.8) is 0 Å². The van der Waals surface area contributed by atoms with Crippen LogP contribution in [0.5, 0.6) is 0 Å². The normalized spacial score (nSPS) is 18.7. The van der Waals surface area contributed by atoms with Crippen LogP contribution in [0, 0.1) is 18.7 Å². The number of piperidine rings is 1. The first-order valence-electron chi connectivity index (χ1n) is 6.52. The molecule has 2 amide bonds. The molecule has 0 saturated carbocycles. The zero-order chi connectivity index (χ0) is 14.7. The number of hydrogen-bond donors (Lipinski definition) is 2. The minimum absolute atomic E-state index is 0.109. The summed E-state index contributed by atoms with van der Waals surface area (Å²) in [6.07, 6.45) is 1.21. The highest BCUT2D eigenvalue weighted by Crippen LogP contribution is 2.19. The van der Waals surface area contributed by atoms with Gasteiger partial charge in [0.05, 0.1) is 11.6 Å². The van der Waals surface area contributed by atoms with Crippen LogP contribution in [0.15, 0.2) is 18.2 Å². The highest BCUT2D eigenvalue weighted by molar-refractivity contribution is 5.90. The van der Waals surface area contributed by atoms with Gasteiger partial charge in [0, 0.05) is 13.1 Å². The zero-order valence-corrected chi connectivity index (χ0v) is 11.2. The van der Waals surface area contributed by atoms with E-state index < -0.39 is 23.7 Å². The van der Waals surface area contributed by atoms with Crippen LogP contribution in [-0.4, -0.2) is 35.1 Å². The number of carboxylic acid groups (broad SMARTS) is 1. The van der Waals surface area contributed by atoms with Crippen LogP contribution in [0.3, 0.4) is 0 Å². The van der Waals surface area contributed by atoms with Crippen LogP contribution in [0.2, 0.25) is 0 Å². The van der Waals surface area contributed by atoms with E-state index in [0.29, 0.717) is 19.4 Å². The Morgan fingerprint density at radius 2 is 2.20 bits per heavy atom. The number of carbonyl (C=O) groups excluding carboxylic acids is 1. The van der Waals surface area contributed by atoms with E-state index in [1.54, 1.807) is 13.0 Å². The van der Waals surface area contributed by atoms with E-state index >= 15 is 0 Å². The van der Waals surface area contributed by atoms with E-state index in [9.17, 15) is 14.0 Å². The average Bonchev–Trinajstić information content (AvgIpc) is 2.42. The second kappa shape index (κ2) is 5.90. The molecule has 2 N–H and O–H groups in total. The quantitative estimate of drug-likeness (QED) is 0.874. The predicted octanol–water partition coefficient (Wildman–Crippen LogP) is 2.46. The summed E-state index contributed by atoms with van der Waals surface area (Å²) in [7, 11) is 0. The summed E-state index contributed by atoms with van der Waals surface area (Å²) in [5.41, 5.74) is 0.877. The maximum atomic E-state index is 13.7. The number of aryl methyl sites for hydroxylation is 1. The third-order valence-corrected chi connectivity index (χ3v) is 3.42. The Kier molecular flexibility index (Phi) is 4.22. The first kappa shape index (κ1) is 14.3. The molecule has 1 heterocycles. The molecule has 1 unspecified atom stereocenters. The summed E-state index contributed by atoms with van der Waals surface area (Å²) in [6.45, 7) is 2.41. The number of amides is 2. The van der Waals surface area contributed by atoms with E-state index in [1.807, 2.05) is 0 Å². The molecule has 20 heavy (non-hydrogen) atoms. The summed E-state index contributed by atoms with van der Waals surface area (Å²) < 4.78 is 13.7. The van der Waals surface area contributed by atoms with E-state index in [-0.39, 0.29) is 12.2 Å². The number of carbonyl (C=O) groups is 2. The summed E-state index contributed by atoms with van der Waals surface area (Å²) in [5.74, 6) is -1.94. The maximum absolute atomic E-state index is 13.7. The first-order chi connectivity index (χ1) is 9.47. The molecular weight excluding hydrogens is 263 g/mol. The number of carboxylic acids is 1. The molecule has 1 aromatic rings. The molecular formula is C14H17FN2O3. The molecule has 0 aliphatic carbocycles. The fourth-order valence-corrected chi connectivity index (χ4v) is 2.28. The van der Waals surface area contributed by atoms with Gasteiger partial charge in [-0.25, -0.2) is 9.18 Å². The lowest BCUT2D eigenvalue weighted by Crippen LogP contribution is -2.44. The number of aliphatic carboxylic acids is 1. The van der Waals surface area contributed by atoms with Gasteiger partial charge in [-0.2, -0.15) is 0 Å². The number of benzene rings is 1. The third-order valence-electron chi connectivity index (χ3n) is 3.42. The third kappa shape index (κ3) is 3.26. The van der Waals surface area contributed by atoms with Gasteiger partial charge in [0.15, 0.2) is 0 Å². The van der Waals surface area contributed by atoms with Gasteiger partial charge in [-0.15, -0.1) is 0 Å². The fraction of sp³-hybridized carbons (Fsp3) is 0.429. The van der Waals surface area contributed by atoms with Gasteiger partial charge in [0.1, 0.15) is 5.82 Å². The number of hydrogen-bond acceptors (Lipinski definition) is 2. The van der Waals surface area contributed by atoms with Crippen molar-refractivity contribution in [2.45, 2.75) is 19.8 Å². The van der Waals surface area contributed by atoms with Gasteiger partial charge >= 0.3 is 12.0 Å². The lowest BCUT2D eigenvalue weighted by atomic mass is 9.99. The molecule has 108 valence electrons. The molecule has 5 nitrogen and oxygen atoms in total. The standard InChI is InChI=1S/C14H17FN2O3/c1-9-4-5-12(11(15)7-9)16-14(20)17-6-2-3-10(8-17)13(18)19/h4-5,7,10H,2-3,6,8H2,1H3,(H,16,20)(H,18,19). The summed E-state index contributed by atoms with van der Waals surface area (Å²) >= 11 is 0. The average molecular weight is 280 g/mol. The van der Waals surface area contributed by atoms with Gasteiger partial charge in [0.25, 0.3) is 0 Å². The lowest BCUT2D eigenvalue weighted by Gasteiger charge is -2.30. The smallest absolute Gasteiger partial charge is 0.321 e. The molecule has 1 aliphatic rings. The highest BCUT2D eigenvalue weighted by Gasteiger charge is 2.28. The van der Waals surface area contributed by atoms with Crippen molar-refractivity contribution in [2.24, 2.45) is 5.92 Å². The molecule has 2 rings (SSSR count). The van der Waals surface area contributed by atoms with Crippen LogP contribution in [-0.2, 0) is 4.79 Å².